The molecule has 0 aliphatic heterocycles. The average Bonchev–Trinajstić information content (AvgIpc) is 0.814. The molecule has 0 saturated heterocycles. The molecule has 3 atom stereocenters. The van der Waals surface area contributed by atoms with Gasteiger partial charge in [0.1, 0.15) is 19.6 Å². The minimum Gasteiger partial charge on any atom is -0.347 e. The third-order valence-corrected chi connectivity index (χ3v) is 18.2. The topological polar surface area (TPSA) is 139 Å². The number of hydrogen-bond acceptors (Lipinski definition) is 6. The van der Waals surface area contributed by atoms with E-state index in [1.54, 1.807) is 22.9 Å². The third kappa shape index (κ3) is 30.8. The van der Waals surface area contributed by atoms with Crippen molar-refractivity contribution >= 4 is 178 Å². The van der Waals surface area contributed by atoms with Gasteiger partial charge in [-0.05, 0) is 107 Å². The zero-order valence-electron chi connectivity index (χ0n) is 52.6. The Labute approximate surface area is 641 Å². The van der Waals surface area contributed by atoms with Gasteiger partial charge in [0.05, 0.1) is 57.9 Å². The van der Waals surface area contributed by atoms with E-state index in [2.05, 4.69) is 31.9 Å². The first-order valence-corrected chi connectivity index (χ1v) is 33.8. The number of nitrogens with one attached hydrogen (secondary N) is 3. The Balaban J connectivity index is 0.000000333. The van der Waals surface area contributed by atoms with Crippen LogP contribution in [0.3, 0.4) is 0 Å². The van der Waals surface area contributed by atoms with Gasteiger partial charge in [-0.3, -0.25) is 28.8 Å². The molecule has 3 amide bonds. The van der Waals surface area contributed by atoms with E-state index >= 15 is 0 Å². The summed E-state index contributed by atoms with van der Waals surface area (Å²) in [4.78, 5) is 71.4. The summed E-state index contributed by atoms with van der Waals surface area (Å²) in [6.45, 7) is -2.96. The Hall–Kier alpha value is -6.09. The fourth-order valence-electron chi connectivity index (χ4n) is 8.89. The number of allylic oxidation sites excluding steroid dienone is 3. The van der Waals surface area contributed by atoms with Crippen LogP contribution in [0.4, 0.5) is 83.4 Å². The van der Waals surface area contributed by atoms with Gasteiger partial charge >= 0.3 is 37.1 Å². The largest absolute Gasteiger partial charge is 0.405 e. The predicted octanol–water partition coefficient (Wildman–Crippen LogP) is 24.3. The summed E-state index contributed by atoms with van der Waals surface area (Å²) in [5, 5.41) is 3.23. The highest BCUT2D eigenvalue weighted by Gasteiger charge is 2.42. The highest BCUT2D eigenvalue weighted by Crippen LogP contribution is 2.44. The second-order valence-corrected chi connectivity index (χ2v) is 26.9. The number of carbonyl (C=O) groups is 6. The standard InChI is InChI=1S/C23H18Cl3F6NO2.C22H15BrCl3F6NO2.C22H15BrCl2F7NO2/c1-12-8-13(2-4-15(12)19(34)6-7-20(35)33-11-22(27,28)29)3-5-16(23(30,31)32)14-9-17(24)21(26)18(25)10-14;2*23-15-7-11(1-3-13(15)18(34)5-6-19(35)33-10-21(27,28)29)2-4-14(22(30,31)32)12-8-16(24)20(26)17(25)9-12/h2-5,8-10,16H,6-7,11H2,1H3,(H,33,35);2*1-4,7-9,14H,5-6,10H2,(H,33,35)/b5-3+;2*4-2+. The Morgan fingerprint density at radius 2 is 0.619 bits per heavy atom. The molecule has 3 unspecified atom stereocenters. The lowest BCUT2D eigenvalue weighted by Crippen LogP contribution is -2.33. The maximum absolute atomic E-state index is 13.7. The van der Waals surface area contributed by atoms with Crippen molar-refractivity contribution in [1.82, 2.24) is 16.0 Å². The van der Waals surface area contributed by atoms with E-state index in [1.165, 1.54) is 66.7 Å². The number of benzene rings is 6. The number of amides is 3. The van der Waals surface area contributed by atoms with Gasteiger partial charge in [-0.15, -0.1) is 0 Å². The second-order valence-electron chi connectivity index (χ2n) is 22.0. The summed E-state index contributed by atoms with van der Waals surface area (Å²) < 4.78 is 246. The summed E-state index contributed by atoms with van der Waals surface area (Å²) in [5.74, 6) is -11.7. The van der Waals surface area contributed by atoms with Crippen LogP contribution in [-0.2, 0) is 14.4 Å². The van der Waals surface area contributed by atoms with Crippen molar-refractivity contribution in [3.63, 3.8) is 0 Å². The number of halogens is 29. The molecule has 6 aromatic carbocycles. The quantitative estimate of drug-likeness (QED) is 0.0313. The van der Waals surface area contributed by atoms with E-state index < -0.39 is 145 Å². The molecule has 3 N–H and O–H groups in total. The van der Waals surface area contributed by atoms with Crippen LogP contribution < -0.4 is 16.0 Å². The second kappa shape index (κ2) is 39.3. The fraction of sp³-hybridized carbons (Fsp3) is 0.284. The number of rotatable bonds is 24. The number of alkyl halides is 18. The van der Waals surface area contributed by atoms with Crippen LogP contribution in [0.25, 0.3) is 18.2 Å². The number of ketones is 3. The molecule has 570 valence electrons. The van der Waals surface area contributed by atoms with E-state index in [9.17, 15) is 112 Å². The minimum atomic E-state index is -4.75. The van der Waals surface area contributed by atoms with Crippen molar-refractivity contribution < 1.29 is 112 Å². The summed E-state index contributed by atoms with van der Waals surface area (Å²) in [5.41, 5.74) is 0.986. The van der Waals surface area contributed by atoms with E-state index in [0.29, 0.717) is 16.7 Å². The molecule has 0 aliphatic carbocycles. The number of Topliss-reactive ketones (excluding diaryl/α,β-unsaturated/α-hetero) is 3. The SMILES string of the molecule is Cc1cc(/C=C/C(c2cc(Cl)c(Cl)c(Cl)c2)C(F)(F)F)ccc1C(=O)CCC(=O)NCC(F)(F)F.O=C(CCC(=O)c1ccc(/C=C/C(c2cc(Cl)c(Cl)c(Cl)c2)C(F)(F)F)cc1Br)NCC(F)(F)F.O=C(CCC(=O)c1ccc(/C=C/C(c2cc(Cl)c(F)c(Cl)c2)C(F)(F)F)cc1Br)NCC(F)(F)F. The van der Waals surface area contributed by atoms with Gasteiger partial charge in [0.25, 0.3) is 0 Å². The van der Waals surface area contributed by atoms with Crippen molar-refractivity contribution in [2.24, 2.45) is 0 Å². The van der Waals surface area contributed by atoms with Gasteiger partial charge in [0.2, 0.25) is 17.7 Å². The van der Waals surface area contributed by atoms with Gasteiger partial charge in [0.15, 0.2) is 23.2 Å². The van der Waals surface area contributed by atoms with Crippen LogP contribution in [0.15, 0.2) is 118 Å². The zero-order valence-corrected chi connectivity index (χ0v) is 61.9. The van der Waals surface area contributed by atoms with Crippen molar-refractivity contribution in [2.45, 2.75) is 100 Å². The van der Waals surface area contributed by atoms with E-state index in [1.807, 2.05) is 0 Å². The first kappa shape index (κ1) is 91.3. The van der Waals surface area contributed by atoms with Crippen LogP contribution in [-0.4, -0.2) is 91.8 Å². The molecule has 38 heteroatoms. The summed E-state index contributed by atoms with van der Waals surface area (Å²) >= 11 is 52.6. The Kier molecular flexibility index (Phi) is 34.2. The monoisotopic (exact) mass is 1790 g/mol. The highest BCUT2D eigenvalue weighted by molar-refractivity contribution is 9.10. The van der Waals surface area contributed by atoms with Crippen LogP contribution in [0.5, 0.6) is 0 Å². The summed E-state index contributed by atoms with van der Waals surface area (Å²) in [7, 11) is 0. The summed E-state index contributed by atoms with van der Waals surface area (Å²) in [6.07, 6.45) is -24.0. The molecule has 0 fully saturated rings. The molecule has 6 aromatic rings. The third-order valence-electron chi connectivity index (χ3n) is 13.9. The molecule has 0 aromatic heterocycles. The number of aryl methyl sites for hydroxylation is 1. The average molecular weight is 1800 g/mol. The van der Waals surface area contributed by atoms with Gasteiger partial charge in [-0.2, -0.15) is 79.0 Å². The lowest BCUT2D eigenvalue weighted by Gasteiger charge is -2.18. The molecule has 9 nitrogen and oxygen atoms in total. The maximum Gasteiger partial charge on any atom is 0.405 e. The predicted molar refractivity (Wildman–Crippen MR) is 370 cm³/mol. The van der Waals surface area contributed by atoms with Gasteiger partial charge in [0, 0.05) is 64.2 Å². The first-order valence-electron chi connectivity index (χ1n) is 29.2. The number of hydrogen-bond donors (Lipinski definition) is 3. The molecule has 0 heterocycles. The molecule has 0 radical (unpaired) electrons. The van der Waals surface area contributed by atoms with Crippen molar-refractivity contribution in [3.8, 4) is 0 Å². The van der Waals surface area contributed by atoms with Crippen molar-refractivity contribution in [2.75, 3.05) is 19.6 Å². The minimum absolute atomic E-state index is 0.0595. The molecular weight excluding hydrogens is 1750 g/mol. The lowest BCUT2D eigenvalue weighted by atomic mass is 9.95. The van der Waals surface area contributed by atoms with Crippen LogP contribution in [0.1, 0.15) is 126 Å². The molecule has 105 heavy (non-hydrogen) atoms. The van der Waals surface area contributed by atoms with E-state index in [-0.39, 0.29) is 97.3 Å². The normalized spacial score (nSPS) is 13.2. The molecule has 0 spiro atoms. The molecule has 0 aliphatic rings. The Bertz CT molecular complexity index is 3750. The van der Waals surface area contributed by atoms with Gasteiger partial charge in [-0.1, -0.05) is 191 Å². The van der Waals surface area contributed by atoms with E-state index in [0.717, 1.165) is 60.7 Å². The zero-order chi connectivity index (χ0) is 79.7. The molecule has 6 rings (SSSR count). The Morgan fingerprint density at radius 1 is 0.371 bits per heavy atom. The van der Waals surface area contributed by atoms with Crippen molar-refractivity contribution in [3.05, 3.63) is 220 Å². The fourth-order valence-corrected chi connectivity index (χ4v) is 11.9. The van der Waals surface area contributed by atoms with Gasteiger partial charge in [-0.25, -0.2) is 4.39 Å². The molecular formula is C67H48Br2Cl8F19N3O6. The van der Waals surface area contributed by atoms with Crippen LogP contribution in [0, 0.1) is 12.7 Å². The van der Waals surface area contributed by atoms with Crippen LogP contribution >= 0.6 is 125 Å². The highest BCUT2D eigenvalue weighted by atomic mass is 79.9. The van der Waals surface area contributed by atoms with E-state index in [4.69, 9.17) is 92.8 Å². The van der Waals surface area contributed by atoms with Crippen LogP contribution in [0.2, 0.25) is 40.2 Å². The molecule has 0 saturated carbocycles. The maximum atomic E-state index is 13.7. The smallest absolute Gasteiger partial charge is 0.347 e. The first-order chi connectivity index (χ1) is 48.2. The Morgan fingerprint density at radius 3 is 0.867 bits per heavy atom. The van der Waals surface area contributed by atoms with Gasteiger partial charge < -0.3 is 16.0 Å². The lowest BCUT2D eigenvalue weighted by molar-refractivity contribution is -0.140. The summed E-state index contributed by atoms with van der Waals surface area (Å²) in [6, 6.07) is 18.3. The number of carbonyl (C=O) groups excluding carboxylic acids is 6. The molecule has 0 bridgehead atoms. The van der Waals surface area contributed by atoms with Crippen molar-refractivity contribution in [1.29, 1.82) is 0 Å².